The number of ether oxygens (including phenoxy) is 1. The number of aromatic nitrogens is 1. The number of rotatable bonds is 3. The van der Waals surface area contributed by atoms with E-state index in [2.05, 4.69) is 45.4 Å². The van der Waals surface area contributed by atoms with Crippen LogP contribution >= 0.6 is 27.3 Å². The predicted molar refractivity (Wildman–Crippen MR) is 129 cm³/mol. The number of benzene rings is 2. The van der Waals surface area contributed by atoms with Crippen LogP contribution in [-0.4, -0.2) is 15.9 Å². The van der Waals surface area contributed by atoms with Crippen LogP contribution in [0.15, 0.2) is 64.4 Å². The molecule has 0 spiro atoms. The summed E-state index contributed by atoms with van der Waals surface area (Å²) in [6, 6.07) is 12.5. The van der Waals surface area contributed by atoms with Crippen LogP contribution in [0.5, 0.6) is 16.7 Å². The second kappa shape index (κ2) is 7.94. The van der Waals surface area contributed by atoms with E-state index in [1.807, 2.05) is 30.3 Å². The van der Waals surface area contributed by atoms with Gasteiger partial charge in [0.05, 0.1) is 21.1 Å². The van der Waals surface area contributed by atoms with Gasteiger partial charge in [0.15, 0.2) is 5.78 Å². The molecule has 3 N–H and O–H groups in total. The van der Waals surface area contributed by atoms with Gasteiger partial charge in [0.1, 0.15) is 17.2 Å². The topological polar surface area (TPSA) is 83.5 Å². The standard InChI is InChI=1S/C24H22BrN3O3S/c1-24(2)10-15-20(17(30)11-24)22(27-14-7-5-8-16(29)21(14)28-15)19-12-26-23(32-19)31-18-9-4-3-6-13(18)25/h3-9,12,22,27-29H,10-11H2,1-2H3. The molecular weight excluding hydrogens is 490 g/mol. The van der Waals surface area contributed by atoms with Crippen molar-refractivity contribution in [2.45, 2.75) is 32.7 Å². The first-order valence-electron chi connectivity index (χ1n) is 10.3. The molecule has 32 heavy (non-hydrogen) atoms. The van der Waals surface area contributed by atoms with Gasteiger partial charge in [-0.1, -0.05) is 43.4 Å². The number of carbonyl (C=O) groups excluding carboxylic acids is 1. The van der Waals surface area contributed by atoms with Crippen LogP contribution < -0.4 is 15.4 Å². The van der Waals surface area contributed by atoms with Gasteiger partial charge in [-0.2, -0.15) is 0 Å². The minimum Gasteiger partial charge on any atom is -0.506 e. The van der Waals surface area contributed by atoms with Crippen molar-refractivity contribution < 1.29 is 14.6 Å². The van der Waals surface area contributed by atoms with Gasteiger partial charge in [-0.05, 0) is 52.0 Å². The first-order chi connectivity index (χ1) is 15.3. The van der Waals surface area contributed by atoms with Gasteiger partial charge in [-0.15, -0.1) is 0 Å². The number of phenolic OH excluding ortho intramolecular Hbond substituents is 1. The Labute approximate surface area is 198 Å². The monoisotopic (exact) mass is 511 g/mol. The van der Waals surface area contributed by atoms with Crippen LogP contribution in [0.3, 0.4) is 0 Å². The van der Waals surface area contributed by atoms with Gasteiger partial charge in [0.2, 0.25) is 0 Å². The number of halogens is 1. The van der Waals surface area contributed by atoms with Gasteiger partial charge < -0.3 is 20.5 Å². The number of thiazole rings is 1. The largest absolute Gasteiger partial charge is 0.506 e. The zero-order chi connectivity index (χ0) is 22.5. The number of carbonyl (C=O) groups is 1. The third-order valence-electron chi connectivity index (χ3n) is 5.65. The van der Waals surface area contributed by atoms with Crippen molar-refractivity contribution >= 4 is 44.4 Å². The number of ketones is 1. The Hall–Kier alpha value is -2.84. The quantitative estimate of drug-likeness (QED) is 0.342. The van der Waals surface area contributed by atoms with E-state index in [4.69, 9.17) is 4.74 Å². The summed E-state index contributed by atoms with van der Waals surface area (Å²) in [4.78, 5) is 18.6. The Kier molecular flexibility index (Phi) is 5.22. The molecule has 164 valence electrons. The number of anilines is 2. The SMILES string of the molecule is CC1(C)CC(=O)C2=C(C1)Nc1c(O)cccc1NC2c1cnc(Oc2ccccc2Br)s1. The zero-order valence-electron chi connectivity index (χ0n) is 17.6. The van der Waals surface area contributed by atoms with Gasteiger partial charge in [0, 0.05) is 23.9 Å². The van der Waals surface area contributed by atoms with Crippen molar-refractivity contribution in [2.24, 2.45) is 5.41 Å². The molecule has 5 rings (SSSR count). The number of aromatic hydroxyl groups is 1. The fraction of sp³-hybridized carbons (Fsp3) is 0.250. The molecule has 0 radical (unpaired) electrons. The minimum absolute atomic E-state index is 0.0928. The summed E-state index contributed by atoms with van der Waals surface area (Å²) < 4.78 is 6.81. The van der Waals surface area contributed by atoms with Crippen LogP contribution in [0.2, 0.25) is 0 Å². The number of allylic oxidation sites excluding steroid dienone is 1. The molecular formula is C24H22BrN3O3S. The normalized spacial score (nSPS) is 19.3. The lowest BCUT2D eigenvalue weighted by Crippen LogP contribution is -2.31. The first kappa shape index (κ1) is 21.0. The van der Waals surface area contributed by atoms with Crippen molar-refractivity contribution in [3.63, 3.8) is 0 Å². The summed E-state index contributed by atoms with van der Waals surface area (Å²) in [5.41, 5.74) is 2.68. The van der Waals surface area contributed by atoms with Crippen molar-refractivity contribution in [3.8, 4) is 16.7 Å². The second-order valence-corrected chi connectivity index (χ2v) is 10.7. The average molecular weight is 512 g/mol. The molecule has 1 aliphatic heterocycles. The van der Waals surface area contributed by atoms with Gasteiger partial charge in [0.25, 0.3) is 5.19 Å². The smallest absolute Gasteiger partial charge is 0.279 e. The van der Waals surface area contributed by atoms with Crippen LogP contribution in [0, 0.1) is 5.41 Å². The maximum atomic E-state index is 13.3. The highest BCUT2D eigenvalue weighted by molar-refractivity contribution is 9.10. The Bertz CT molecular complexity index is 1250. The molecule has 1 aliphatic carbocycles. The Morgan fingerprint density at radius 1 is 1.19 bits per heavy atom. The number of hydrogen-bond donors (Lipinski definition) is 3. The lowest BCUT2D eigenvalue weighted by Gasteiger charge is -2.33. The van der Waals surface area contributed by atoms with Gasteiger partial charge in [-0.3, -0.25) is 4.79 Å². The summed E-state index contributed by atoms with van der Waals surface area (Å²) in [5, 5.41) is 17.8. The first-order valence-corrected chi connectivity index (χ1v) is 11.9. The van der Waals surface area contributed by atoms with Crippen molar-refractivity contribution in [1.82, 2.24) is 4.98 Å². The molecule has 2 aromatic carbocycles. The molecule has 1 atom stereocenters. The zero-order valence-corrected chi connectivity index (χ0v) is 20.0. The van der Waals surface area contributed by atoms with E-state index in [1.54, 1.807) is 18.3 Å². The summed E-state index contributed by atoms with van der Waals surface area (Å²) in [6.07, 6.45) is 2.92. The highest BCUT2D eigenvalue weighted by Crippen LogP contribution is 2.48. The van der Waals surface area contributed by atoms with E-state index < -0.39 is 6.04 Å². The molecule has 1 unspecified atom stereocenters. The summed E-state index contributed by atoms with van der Waals surface area (Å²) >= 11 is 4.89. The number of phenols is 1. The molecule has 2 heterocycles. The third kappa shape index (κ3) is 3.89. The minimum atomic E-state index is -0.391. The van der Waals surface area contributed by atoms with Gasteiger partial charge >= 0.3 is 0 Å². The Morgan fingerprint density at radius 3 is 2.81 bits per heavy atom. The summed E-state index contributed by atoms with van der Waals surface area (Å²) in [5.74, 6) is 0.908. The number of Topliss-reactive ketones (excluding diaryl/α,β-unsaturated/α-hetero) is 1. The third-order valence-corrected chi connectivity index (χ3v) is 7.24. The molecule has 0 amide bonds. The maximum Gasteiger partial charge on any atom is 0.279 e. The molecule has 3 aromatic rings. The van der Waals surface area contributed by atoms with E-state index in [1.165, 1.54) is 11.3 Å². The van der Waals surface area contributed by atoms with Crippen LogP contribution in [0.25, 0.3) is 0 Å². The van der Waals surface area contributed by atoms with Crippen LogP contribution in [0.4, 0.5) is 11.4 Å². The van der Waals surface area contributed by atoms with E-state index in [0.29, 0.717) is 35.0 Å². The van der Waals surface area contributed by atoms with E-state index in [0.717, 1.165) is 20.7 Å². The maximum absolute atomic E-state index is 13.3. The number of fused-ring (bicyclic) bond motifs is 1. The second-order valence-electron chi connectivity index (χ2n) is 8.80. The summed E-state index contributed by atoms with van der Waals surface area (Å²) in [7, 11) is 0. The van der Waals surface area contributed by atoms with Crippen molar-refractivity contribution in [1.29, 1.82) is 0 Å². The summed E-state index contributed by atoms with van der Waals surface area (Å²) in [6.45, 7) is 4.18. The van der Waals surface area contributed by atoms with Gasteiger partial charge in [-0.25, -0.2) is 4.98 Å². The molecule has 0 saturated carbocycles. The van der Waals surface area contributed by atoms with Crippen molar-refractivity contribution in [2.75, 3.05) is 10.6 Å². The predicted octanol–water partition coefficient (Wildman–Crippen LogP) is 6.63. The molecule has 6 nitrogen and oxygen atoms in total. The highest BCUT2D eigenvalue weighted by Gasteiger charge is 2.39. The molecule has 0 fully saturated rings. The van der Waals surface area contributed by atoms with Crippen LogP contribution in [-0.2, 0) is 4.79 Å². The number of nitrogens with zero attached hydrogens (tertiary/aromatic N) is 1. The average Bonchev–Trinajstić information content (AvgIpc) is 3.11. The molecule has 1 aromatic heterocycles. The van der Waals surface area contributed by atoms with Crippen LogP contribution in [0.1, 0.15) is 37.6 Å². The molecule has 8 heteroatoms. The van der Waals surface area contributed by atoms with E-state index in [9.17, 15) is 9.90 Å². The Morgan fingerprint density at radius 2 is 2.00 bits per heavy atom. The Balaban J connectivity index is 1.57. The lowest BCUT2D eigenvalue weighted by molar-refractivity contribution is -0.118. The fourth-order valence-electron chi connectivity index (χ4n) is 4.24. The molecule has 0 bridgehead atoms. The number of para-hydroxylation sites is 2. The fourth-order valence-corrected chi connectivity index (χ4v) is 5.44. The molecule has 0 saturated heterocycles. The van der Waals surface area contributed by atoms with E-state index in [-0.39, 0.29) is 16.9 Å². The molecule has 2 aliphatic rings. The van der Waals surface area contributed by atoms with E-state index >= 15 is 0 Å². The lowest BCUT2D eigenvalue weighted by atomic mass is 9.74. The van der Waals surface area contributed by atoms with Crippen molar-refractivity contribution in [3.05, 3.63) is 69.3 Å². The number of nitrogens with one attached hydrogen (secondary N) is 2. The highest BCUT2D eigenvalue weighted by atomic mass is 79.9. The number of hydrogen-bond acceptors (Lipinski definition) is 7.